The Balaban J connectivity index is 1.97. The van der Waals surface area contributed by atoms with Gasteiger partial charge in [-0.3, -0.25) is 19.2 Å². The van der Waals surface area contributed by atoms with Crippen LogP contribution in [0.1, 0.15) is 49.9 Å². The molecule has 0 fully saturated rings. The Labute approximate surface area is 305 Å². The monoisotopic (exact) mass is 721 g/mol. The molecule has 4 amide bonds. The fraction of sp³-hybridized carbons (Fsp3) is 0.447. The Bertz CT molecular complexity index is 1630. The van der Waals surface area contributed by atoms with Crippen LogP contribution in [0.15, 0.2) is 71.9 Å². The molecule has 3 rings (SSSR count). The summed E-state index contributed by atoms with van der Waals surface area (Å²) in [6.45, 7) is 7.19. The molecular formula is C38H51N5O7S. The molecule has 0 aliphatic carbocycles. The number of rotatable bonds is 17. The van der Waals surface area contributed by atoms with E-state index in [1.807, 2.05) is 50.4 Å². The van der Waals surface area contributed by atoms with Gasteiger partial charge in [0.15, 0.2) is 0 Å². The maximum Gasteiger partial charge on any atom is 0.250 e. The normalized spacial score (nSPS) is 13.7. The summed E-state index contributed by atoms with van der Waals surface area (Å²) < 4.78 is 15.8. The van der Waals surface area contributed by atoms with Crippen LogP contribution in [-0.4, -0.2) is 104 Å². The summed E-state index contributed by atoms with van der Waals surface area (Å²) in [6.07, 6.45) is 3.40. The van der Waals surface area contributed by atoms with Crippen LogP contribution >= 0.6 is 11.3 Å². The number of nitrogens with zero attached hydrogens (tertiary/aromatic N) is 4. The molecule has 2 aromatic carbocycles. The van der Waals surface area contributed by atoms with Crippen LogP contribution < -0.4 is 14.8 Å². The van der Waals surface area contributed by atoms with Gasteiger partial charge < -0.3 is 34.2 Å². The molecule has 0 aliphatic rings. The lowest BCUT2D eigenvalue weighted by molar-refractivity contribution is -0.152. The average Bonchev–Trinajstić information content (AvgIpc) is 3.68. The number of likely N-dealkylation sites (N-methyl/N-ethyl adjacent to an activating group) is 3. The lowest BCUT2D eigenvalue weighted by Crippen LogP contribution is -2.59. The molecule has 12 nitrogen and oxygen atoms in total. The van der Waals surface area contributed by atoms with Gasteiger partial charge in [0.05, 0.1) is 33.1 Å². The van der Waals surface area contributed by atoms with Crippen molar-refractivity contribution in [3.63, 3.8) is 0 Å². The van der Waals surface area contributed by atoms with Crippen LogP contribution in [0.3, 0.4) is 0 Å². The summed E-state index contributed by atoms with van der Waals surface area (Å²) >= 11 is 1.43. The first-order valence-electron chi connectivity index (χ1n) is 16.7. The highest BCUT2D eigenvalue weighted by molar-refractivity contribution is 7.09. The first-order chi connectivity index (χ1) is 24.2. The van der Waals surface area contributed by atoms with Crippen molar-refractivity contribution in [3.8, 4) is 11.5 Å². The van der Waals surface area contributed by atoms with E-state index in [9.17, 15) is 19.2 Å². The zero-order valence-electron chi connectivity index (χ0n) is 31.2. The number of benzene rings is 2. The van der Waals surface area contributed by atoms with Crippen LogP contribution in [-0.2, 0) is 36.8 Å². The van der Waals surface area contributed by atoms with Crippen molar-refractivity contribution in [2.24, 2.45) is 5.92 Å². The minimum Gasteiger partial charge on any atom is -0.501 e. The van der Waals surface area contributed by atoms with Gasteiger partial charge in [0.2, 0.25) is 23.6 Å². The fourth-order valence-electron chi connectivity index (χ4n) is 5.71. The summed E-state index contributed by atoms with van der Waals surface area (Å²) in [6, 6.07) is 11.3. The van der Waals surface area contributed by atoms with E-state index in [0.717, 1.165) is 16.1 Å². The van der Waals surface area contributed by atoms with E-state index in [0.29, 0.717) is 17.3 Å². The quantitative estimate of drug-likeness (QED) is 0.159. The molecule has 1 heterocycles. The number of thiazole rings is 1. The van der Waals surface area contributed by atoms with Crippen LogP contribution in [0, 0.1) is 5.92 Å². The number of methoxy groups -OCH3 is 3. The van der Waals surface area contributed by atoms with Gasteiger partial charge in [-0.25, -0.2) is 4.98 Å². The number of hydrogen-bond donors (Lipinski definition) is 1. The molecule has 51 heavy (non-hydrogen) atoms. The second-order valence-electron chi connectivity index (χ2n) is 12.7. The number of hydrogen-bond acceptors (Lipinski definition) is 9. The highest BCUT2D eigenvalue weighted by Crippen LogP contribution is 2.23. The van der Waals surface area contributed by atoms with Gasteiger partial charge in [-0.05, 0) is 55.2 Å². The van der Waals surface area contributed by atoms with Gasteiger partial charge in [0.25, 0.3) is 0 Å². The number of carbonyl (C=O) groups is 4. The van der Waals surface area contributed by atoms with E-state index in [2.05, 4.69) is 10.3 Å². The summed E-state index contributed by atoms with van der Waals surface area (Å²) in [5, 5.41) is 5.60. The molecular weight excluding hydrogens is 671 g/mol. The van der Waals surface area contributed by atoms with Gasteiger partial charge in [-0.2, -0.15) is 0 Å². The van der Waals surface area contributed by atoms with Gasteiger partial charge in [-0.15, -0.1) is 11.3 Å². The molecule has 0 aliphatic heterocycles. The van der Waals surface area contributed by atoms with Crippen LogP contribution in [0.5, 0.6) is 11.5 Å². The molecule has 0 radical (unpaired) electrons. The minimum absolute atomic E-state index is 0.182. The van der Waals surface area contributed by atoms with Gasteiger partial charge in [0, 0.05) is 51.6 Å². The highest BCUT2D eigenvalue weighted by Gasteiger charge is 2.40. The topological polar surface area (TPSA) is 131 Å². The molecule has 3 aromatic rings. The van der Waals surface area contributed by atoms with E-state index in [-0.39, 0.29) is 30.7 Å². The van der Waals surface area contributed by atoms with Crippen LogP contribution in [0.25, 0.3) is 0 Å². The van der Waals surface area contributed by atoms with E-state index in [1.165, 1.54) is 39.2 Å². The molecule has 0 bridgehead atoms. The van der Waals surface area contributed by atoms with E-state index in [1.54, 1.807) is 72.7 Å². The molecule has 0 spiro atoms. The highest BCUT2D eigenvalue weighted by atomic mass is 32.1. The molecule has 1 aromatic heterocycles. The van der Waals surface area contributed by atoms with Gasteiger partial charge >= 0.3 is 0 Å². The molecule has 1 N–H and O–H groups in total. The number of amides is 4. The standard InChI is InChI=1S/C38H51N5O7S/c1-24(2)34(43(7)37(46)32(41(5)33(44)21-25(3)48-8)23-28-13-17-30(50-10)18-14-28)38(47)42(6)31(22-27-11-15-29(49-9)16-12-27)35(45)40-26(4)36-39-19-20-51-36/h11-21,24,26,31-32,34H,22-23H2,1-10H3,(H,40,45)/b25-21+/t26-,31?,32?,34-/m0/s1. The Morgan fingerprint density at radius 3 is 1.76 bits per heavy atom. The Morgan fingerprint density at radius 2 is 1.31 bits per heavy atom. The average molecular weight is 722 g/mol. The first kappa shape index (κ1) is 40.5. The van der Waals surface area contributed by atoms with Crippen LogP contribution in [0.4, 0.5) is 0 Å². The minimum atomic E-state index is -0.964. The summed E-state index contributed by atoms with van der Waals surface area (Å²) in [4.78, 5) is 64.8. The SMILES string of the molecule is CO/C(C)=C/C(=O)N(C)C(Cc1ccc(OC)cc1)C(=O)N(C)[C@H](C(=O)N(C)C(Cc1ccc(OC)cc1)C(=O)N[C@@H](C)c1nccs1)C(C)C. The number of carbonyl (C=O) groups excluding carboxylic acids is 4. The van der Waals surface area contributed by atoms with Crippen molar-refractivity contribution < 1.29 is 33.4 Å². The number of aromatic nitrogens is 1. The Morgan fingerprint density at radius 1 is 0.784 bits per heavy atom. The second kappa shape index (κ2) is 18.9. The van der Waals surface area contributed by atoms with Gasteiger partial charge in [0.1, 0.15) is 34.6 Å². The third-order valence-electron chi connectivity index (χ3n) is 8.87. The third-order valence-corrected chi connectivity index (χ3v) is 9.83. The predicted molar refractivity (Wildman–Crippen MR) is 197 cm³/mol. The zero-order chi connectivity index (χ0) is 37.8. The summed E-state index contributed by atoms with van der Waals surface area (Å²) in [7, 11) is 9.31. The Kier molecular flexibility index (Phi) is 15.0. The van der Waals surface area contributed by atoms with Crippen LogP contribution in [0.2, 0.25) is 0 Å². The third kappa shape index (κ3) is 10.8. The smallest absolute Gasteiger partial charge is 0.250 e. The lowest BCUT2D eigenvalue weighted by atomic mass is 9.96. The largest absolute Gasteiger partial charge is 0.501 e. The first-order valence-corrected chi connectivity index (χ1v) is 17.6. The van der Waals surface area contributed by atoms with Crippen molar-refractivity contribution in [2.75, 3.05) is 42.5 Å². The number of ether oxygens (including phenoxy) is 3. The van der Waals surface area contributed by atoms with E-state index < -0.39 is 35.8 Å². The Hall–Kier alpha value is -4.91. The molecule has 2 unspecified atom stereocenters. The second-order valence-corrected chi connectivity index (χ2v) is 13.7. The molecule has 276 valence electrons. The van der Waals surface area contributed by atoms with E-state index >= 15 is 0 Å². The molecule has 13 heteroatoms. The lowest BCUT2D eigenvalue weighted by Gasteiger charge is -2.39. The summed E-state index contributed by atoms with van der Waals surface area (Å²) in [5.41, 5.74) is 1.62. The summed E-state index contributed by atoms with van der Waals surface area (Å²) in [5.74, 6) is -0.257. The molecule has 0 saturated carbocycles. The predicted octanol–water partition coefficient (Wildman–Crippen LogP) is 4.51. The van der Waals surface area contributed by atoms with E-state index in [4.69, 9.17) is 14.2 Å². The number of allylic oxidation sites excluding steroid dienone is 1. The maximum atomic E-state index is 14.5. The maximum absolute atomic E-state index is 14.5. The fourth-order valence-corrected chi connectivity index (χ4v) is 6.35. The van der Waals surface area contributed by atoms with Crippen molar-refractivity contribution in [3.05, 3.63) is 88.1 Å². The van der Waals surface area contributed by atoms with Crippen molar-refractivity contribution in [1.29, 1.82) is 0 Å². The number of nitrogens with one attached hydrogen (secondary N) is 1. The molecule has 4 atom stereocenters. The van der Waals surface area contributed by atoms with Gasteiger partial charge in [-0.1, -0.05) is 38.1 Å². The van der Waals surface area contributed by atoms with Crippen molar-refractivity contribution >= 4 is 35.0 Å². The molecule has 0 saturated heterocycles. The van der Waals surface area contributed by atoms with Crippen molar-refractivity contribution in [1.82, 2.24) is 25.0 Å². The zero-order valence-corrected chi connectivity index (χ0v) is 32.0. The van der Waals surface area contributed by atoms with Crippen molar-refractivity contribution in [2.45, 2.75) is 64.7 Å².